The van der Waals surface area contributed by atoms with Crippen molar-refractivity contribution in [1.82, 2.24) is 5.32 Å². The highest BCUT2D eigenvalue weighted by molar-refractivity contribution is 5.39. The maximum atomic E-state index is 13.0. The minimum Gasteiger partial charge on any atom is -0.475 e. The largest absolute Gasteiger partial charge is 0.475 e. The van der Waals surface area contributed by atoms with E-state index in [1.165, 1.54) is 19.1 Å². The SMILES string of the molecule is COCCNCc1ccc(OC(C)C#N)c(C(F)(F)F)c1. The van der Waals surface area contributed by atoms with Crippen molar-refractivity contribution in [3.63, 3.8) is 0 Å². The maximum absolute atomic E-state index is 13.0. The van der Waals surface area contributed by atoms with E-state index in [1.54, 1.807) is 13.2 Å². The first-order valence-electron chi connectivity index (χ1n) is 6.34. The Balaban J connectivity index is 2.89. The second-order valence-electron chi connectivity index (χ2n) is 4.39. The molecule has 116 valence electrons. The van der Waals surface area contributed by atoms with Gasteiger partial charge in [-0.15, -0.1) is 0 Å². The summed E-state index contributed by atoms with van der Waals surface area (Å²) in [7, 11) is 1.55. The number of halogens is 3. The van der Waals surface area contributed by atoms with Crippen LogP contribution in [0.2, 0.25) is 0 Å². The first-order chi connectivity index (χ1) is 9.88. The summed E-state index contributed by atoms with van der Waals surface area (Å²) in [5.41, 5.74) is -0.397. The number of hydrogen-bond acceptors (Lipinski definition) is 4. The number of benzene rings is 1. The Kier molecular flexibility index (Phi) is 6.46. The molecule has 21 heavy (non-hydrogen) atoms. The molecule has 0 bridgehead atoms. The molecule has 1 rings (SSSR count). The molecule has 0 aliphatic rings. The summed E-state index contributed by atoms with van der Waals surface area (Å²) in [5, 5.41) is 11.6. The summed E-state index contributed by atoms with van der Waals surface area (Å²) in [6, 6.07) is 5.54. The highest BCUT2D eigenvalue weighted by Gasteiger charge is 2.35. The van der Waals surface area contributed by atoms with Crippen LogP contribution in [0.3, 0.4) is 0 Å². The van der Waals surface area contributed by atoms with Gasteiger partial charge < -0.3 is 14.8 Å². The minimum absolute atomic E-state index is 0.292. The molecule has 1 aromatic rings. The zero-order valence-corrected chi connectivity index (χ0v) is 11.8. The lowest BCUT2D eigenvalue weighted by molar-refractivity contribution is -0.139. The number of nitrogens with zero attached hydrogens (tertiary/aromatic N) is 1. The molecule has 7 heteroatoms. The molecule has 0 aliphatic carbocycles. The second-order valence-corrected chi connectivity index (χ2v) is 4.39. The Hall–Kier alpha value is -1.78. The van der Waals surface area contributed by atoms with Gasteiger partial charge in [-0.25, -0.2) is 0 Å². The standard InChI is InChI=1S/C14H17F3N2O2/c1-10(8-18)21-13-4-3-11(9-19-5-6-20-2)7-12(13)14(15,16)17/h3-4,7,10,19H,5-6,9H2,1-2H3. The monoisotopic (exact) mass is 302 g/mol. The van der Waals surface area contributed by atoms with Gasteiger partial charge in [-0.05, 0) is 24.6 Å². The quantitative estimate of drug-likeness (QED) is 0.787. The van der Waals surface area contributed by atoms with Crippen molar-refractivity contribution >= 4 is 0 Å². The first kappa shape index (κ1) is 17.3. The number of methoxy groups -OCH3 is 1. The summed E-state index contributed by atoms with van der Waals surface area (Å²) < 4.78 is 48.9. The lowest BCUT2D eigenvalue weighted by atomic mass is 10.1. The smallest absolute Gasteiger partial charge is 0.419 e. The van der Waals surface area contributed by atoms with Crippen molar-refractivity contribution < 1.29 is 22.6 Å². The number of ether oxygens (including phenoxy) is 2. The molecule has 0 amide bonds. The van der Waals surface area contributed by atoms with E-state index in [9.17, 15) is 13.2 Å². The van der Waals surface area contributed by atoms with Gasteiger partial charge in [0.15, 0.2) is 6.10 Å². The average molecular weight is 302 g/mol. The summed E-state index contributed by atoms with van der Waals surface area (Å²) in [4.78, 5) is 0. The molecule has 1 N–H and O–H groups in total. The molecule has 4 nitrogen and oxygen atoms in total. The van der Waals surface area contributed by atoms with Crippen LogP contribution in [0, 0.1) is 11.3 Å². The zero-order chi connectivity index (χ0) is 15.9. The van der Waals surface area contributed by atoms with E-state index in [1.807, 2.05) is 0 Å². The number of hydrogen-bond donors (Lipinski definition) is 1. The lowest BCUT2D eigenvalue weighted by Gasteiger charge is -2.16. The Labute approximate surface area is 121 Å². The summed E-state index contributed by atoms with van der Waals surface area (Å²) in [6.45, 7) is 2.70. The van der Waals surface area contributed by atoms with Crippen molar-refractivity contribution in [3.05, 3.63) is 29.3 Å². The number of alkyl halides is 3. The topological polar surface area (TPSA) is 54.3 Å². The van der Waals surface area contributed by atoms with Crippen molar-refractivity contribution in [3.8, 4) is 11.8 Å². The van der Waals surface area contributed by atoms with Gasteiger partial charge in [0.1, 0.15) is 11.8 Å². The molecule has 0 saturated heterocycles. The Morgan fingerprint density at radius 2 is 2.10 bits per heavy atom. The third-order valence-electron chi connectivity index (χ3n) is 2.65. The molecule has 1 atom stereocenters. The summed E-state index contributed by atoms with van der Waals surface area (Å²) in [5.74, 6) is -0.336. The molecule has 0 spiro atoms. The number of nitriles is 1. The summed E-state index contributed by atoms with van der Waals surface area (Å²) >= 11 is 0. The second kappa shape index (κ2) is 7.86. The van der Waals surface area contributed by atoms with Gasteiger partial charge in [0.2, 0.25) is 0 Å². The molecule has 1 aromatic carbocycles. The van der Waals surface area contributed by atoms with E-state index >= 15 is 0 Å². The van der Waals surface area contributed by atoms with Crippen molar-refractivity contribution in [2.45, 2.75) is 25.7 Å². The molecule has 0 aromatic heterocycles. The van der Waals surface area contributed by atoms with Crippen LogP contribution in [-0.4, -0.2) is 26.4 Å². The predicted molar refractivity (Wildman–Crippen MR) is 70.7 cm³/mol. The van der Waals surface area contributed by atoms with Crippen LogP contribution in [0.25, 0.3) is 0 Å². The van der Waals surface area contributed by atoms with Crippen LogP contribution < -0.4 is 10.1 Å². The van der Waals surface area contributed by atoms with Gasteiger partial charge in [-0.2, -0.15) is 18.4 Å². The van der Waals surface area contributed by atoms with Crippen molar-refractivity contribution in [2.24, 2.45) is 0 Å². The van der Waals surface area contributed by atoms with Gasteiger partial charge in [0.25, 0.3) is 0 Å². The third kappa shape index (κ3) is 5.61. The minimum atomic E-state index is -4.53. The van der Waals surface area contributed by atoms with Crippen molar-refractivity contribution in [2.75, 3.05) is 20.3 Å². The fourth-order valence-corrected chi connectivity index (χ4v) is 1.64. The highest BCUT2D eigenvalue weighted by Crippen LogP contribution is 2.37. The predicted octanol–water partition coefficient (Wildman–Crippen LogP) is 2.73. The van der Waals surface area contributed by atoms with Gasteiger partial charge in [-0.3, -0.25) is 0 Å². The van der Waals surface area contributed by atoms with Crippen LogP contribution in [0.4, 0.5) is 13.2 Å². The Morgan fingerprint density at radius 1 is 1.38 bits per heavy atom. The number of rotatable bonds is 7. The van der Waals surface area contributed by atoms with Crippen LogP contribution >= 0.6 is 0 Å². The third-order valence-corrected chi connectivity index (χ3v) is 2.65. The van der Waals surface area contributed by atoms with Crippen LogP contribution in [0.1, 0.15) is 18.1 Å². The van der Waals surface area contributed by atoms with Gasteiger partial charge >= 0.3 is 6.18 Å². The fourth-order valence-electron chi connectivity index (χ4n) is 1.64. The Morgan fingerprint density at radius 3 is 2.67 bits per heavy atom. The van der Waals surface area contributed by atoms with Gasteiger partial charge in [-0.1, -0.05) is 6.07 Å². The van der Waals surface area contributed by atoms with Gasteiger partial charge in [0, 0.05) is 20.2 Å². The molecule has 0 aliphatic heterocycles. The molecular formula is C14H17F3N2O2. The molecule has 0 saturated carbocycles. The normalized spacial score (nSPS) is 12.8. The van der Waals surface area contributed by atoms with Crippen molar-refractivity contribution in [1.29, 1.82) is 5.26 Å². The number of nitrogens with one attached hydrogen (secondary N) is 1. The first-order valence-corrected chi connectivity index (χ1v) is 6.34. The molecule has 0 radical (unpaired) electrons. The summed E-state index contributed by atoms with van der Waals surface area (Å²) in [6.07, 6.45) is -5.48. The Bertz CT molecular complexity index is 498. The fraction of sp³-hybridized carbons (Fsp3) is 0.500. The van der Waals surface area contributed by atoms with E-state index in [0.29, 0.717) is 25.3 Å². The highest BCUT2D eigenvalue weighted by atomic mass is 19.4. The molecular weight excluding hydrogens is 285 g/mol. The van der Waals surface area contributed by atoms with Crippen LogP contribution in [-0.2, 0) is 17.5 Å². The van der Waals surface area contributed by atoms with Crippen LogP contribution in [0.5, 0.6) is 5.75 Å². The van der Waals surface area contributed by atoms with E-state index in [2.05, 4.69) is 5.32 Å². The van der Waals surface area contributed by atoms with Crippen LogP contribution in [0.15, 0.2) is 18.2 Å². The zero-order valence-electron chi connectivity index (χ0n) is 11.8. The van der Waals surface area contributed by atoms with E-state index < -0.39 is 17.8 Å². The molecule has 1 unspecified atom stereocenters. The average Bonchev–Trinajstić information content (AvgIpc) is 2.43. The molecule has 0 fully saturated rings. The lowest BCUT2D eigenvalue weighted by Crippen LogP contribution is -2.19. The van der Waals surface area contributed by atoms with E-state index in [4.69, 9.17) is 14.7 Å². The van der Waals surface area contributed by atoms with E-state index in [-0.39, 0.29) is 5.75 Å². The molecule has 0 heterocycles. The van der Waals surface area contributed by atoms with E-state index in [0.717, 1.165) is 6.07 Å². The maximum Gasteiger partial charge on any atom is 0.419 e. The van der Waals surface area contributed by atoms with Gasteiger partial charge in [0.05, 0.1) is 12.2 Å².